The zero-order valence-electron chi connectivity index (χ0n) is 9.22. The van der Waals surface area contributed by atoms with Crippen molar-refractivity contribution >= 4 is 15.9 Å². The van der Waals surface area contributed by atoms with Crippen LogP contribution in [0.5, 0.6) is 5.75 Å². The Labute approximate surface area is 104 Å². The van der Waals surface area contributed by atoms with Crippen LogP contribution in [-0.4, -0.2) is 6.61 Å². The molecule has 0 spiro atoms. The number of hydrogen-bond acceptors (Lipinski definition) is 1. The van der Waals surface area contributed by atoms with Gasteiger partial charge in [-0.2, -0.15) is 0 Å². The lowest BCUT2D eigenvalue weighted by Gasteiger charge is -2.09. The minimum absolute atomic E-state index is 0.245. The Morgan fingerprint density at radius 1 is 1.44 bits per heavy atom. The highest BCUT2D eigenvalue weighted by Crippen LogP contribution is 2.29. The Balaban J connectivity index is 2.70. The molecular weight excluding hydrogens is 271 g/mol. The van der Waals surface area contributed by atoms with Crippen LogP contribution in [0.3, 0.4) is 0 Å². The van der Waals surface area contributed by atoms with Crippen molar-refractivity contribution in [2.75, 3.05) is 6.61 Å². The fraction of sp³-hybridized carbons (Fsp3) is 0.385. The molecule has 3 heteroatoms. The smallest absolute Gasteiger partial charge is 0.169 e. The summed E-state index contributed by atoms with van der Waals surface area (Å²) in [7, 11) is 0. The molecule has 0 aromatic heterocycles. The molecule has 0 saturated carbocycles. The minimum Gasteiger partial charge on any atom is -0.489 e. The van der Waals surface area contributed by atoms with E-state index in [9.17, 15) is 4.39 Å². The van der Waals surface area contributed by atoms with E-state index in [4.69, 9.17) is 11.2 Å². The predicted octanol–water partition coefficient (Wildman–Crippen LogP) is 4.14. The summed E-state index contributed by atoms with van der Waals surface area (Å²) >= 11 is 3.25. The summed E-state index contributed by atoms with van der Waals surface area (Å²) < 4.78 is 19.5. The van der Waals surface area contributed by atoms with E-state index in [-0.39, 0.29) is 5.75 Å². The van der Waals surface area contributed by atoms with Gasteiger partial charge in [0.15, 0.2) is 11.6 Å². The number of ether oxygens (including phenoxy) is 1. The highest BCUT2D eigenvalue weighted by molar-refractivity contribution is 9.10. The third-order valence-electron chi connectivity index (χ3n) is 2.16. The first-order valence-corrected chi connectivity index (χ1v) is 6.06. The first-order valence-electron chi connectivity index (χ1n) is 5.27. The largest absolute Gasteiger partial charge is 0.489 e. The fourth-order valence-electron chi connectivity index (χ4n) is 1.31. The maximum absolute atomic E-state index is 13.6. The van der Waals surface area contributed by atoms with Crippen molar-refractivity contribution in [3.8, 4) is 18.1 Å². The molecule has 0 aliphatic carbocycles. The molecule has 1 aromatic carbocycles. The topological polar surface area (TPSA) is 9.23 Å². The Hall–Kier alpha value is -1.01. The van der Waals surface area contributed by atoms with Crippen LogP contribution >= 0.6 is 15.9 Å². The van der Waals surface area contributed by atoms with Crippen LogP contribution in [-0.2, 0) is 0 Å². The summed E-state index contributed by atoms with van der Waals surface area (Å²) in [5.74, 6) is 2.21. The average molecular weight is 285 g/mol. The molecule has 16 heavy (non-hydrogen) atoms. The van der Waals surface area contributed by atoms with Crippen LogP contribution in [0.4, 0.5) is 4.39 Å². The molecule has 0 fully saturated rings. The third kappa shape index (κ3) is 3.53. The zero-order chi connectivity index (χ0) is 12.0. The Kier molecular flexibility index (Phi) is 5.34. The van der Waals surface area contributed by atoms with E-state index in [1.165, 1.54) is 6.07 Å². The van der Waals surface area contributed by atoms with Crippen molar-refractivity contribution in [1.82, 2.24) is 0 Å². The summed E-state index contributed by atoms with van der Waals surface area (Å²) in [6.45, 7) is 2.64. The van der Waals surface area contributed by atoms with Gasteiger partial charge in [0.05, 0.1) is 11.1 Å². The average Bonchev–Trinajstić information content (AvgIpc) is 2.26. The lowest BCUT2D eigenvalue weighted by molar-refractivity contribution is 0.289. The number of benzene rings is 1. The van der Waals surface area contributed by atoms with Crippen molar-refractivity contribution in [2.24, 2.45) is 0 Å². The maximum atomic E-state index is 13.6. The van der Waals surface area contributed by atoms with Gasteiger partial charge < -0.3 is 4.74 Å². The standard InChI is InChI=1S/C13H14BrFO/c1-3-5-6-7-16-13-11(14)8-10(4-2)9-12(13)15/h2,8-9H,3,5-7H2,1H3. The van der Waals surface area contributed by atoms with Crippen molar-refractivity contribution in [2.45, 2.75) is 26.2 Å². The third-order valence-corrected chi connectivity index (χ3v) is 2.75. The summed E-state index contributed by atoms with van der Waals surface area (Å²) in [5.41, 5.74) is 0.505. The van der Waals surface area contributed by atoms with Crippen molar-refractivity contribution < 1.29 is 9.13 Å². The second-order valence-corrected chi connectivity index (χ2v) is 4.32. The van der Waals surface area contributed by atoms with E-state index in [1.807, 2.05) is 0 Å². The van der Waals surface area contributed by atoms with Gasteiger partial charge >= 0.3 is 0 Å². The van der Waals surface area contributed by atoms with E-state index in [2.05, 4.69) is 28.8 Å². The lowest BCUT2D eigenvalue weighted by atomic mass is 10.2. The van der Waals surface area contributed by atoms with Crippen LogP contribution < -0.4 is 4.74 Å². The first kappa shape index (κ1) is 13.1. The van der Waals surface area contributed by atoms with E-state index in [0.717, 1.165) is 19.3 Å². The Morgan fingerprint density at radius 3 is 2.75 bits per heavy atom. The highest BCUT2D eigenvalue weighted by Gasteiger charge is 2.09. The van der Waals surface area contributed by atoms with Gasteiger partial charge in [0.2, 0.25) is 0 Å². The molecule has 0 unspecified atom stereocenters. The predicted molar refractivity (Wildman–Crippen MR) is 67.1 cm³/mol. The van der Waals surface area contributed by atoms with E-state index >= 15 is 0 Å². The van der Waals surface area contributed by atoms with E-state index in [0.29, 0.717) is 16.6 Å². The van der Waals surface area contributed by atoms with Gasteiger partial charge in [0.25, 0.3) is 0 Å². The number of unbranched alkanes of at least 4 members (excludes halogenated alkanes) is 2. The zero-order valence-corrected chi connectivity index (χ0v) is 10.8. The van der Waals surface area contributed by atoms with Crippen LogP contribution in [0.1, 0.15) is 31.7 Å². The maximum Gasteiger partial charge on any atom is 0.169 e. The van der Waals surface area contributed by atoms with Crippen molar-refractivity contribution in [3.63, 3.8) is 0 Å². The first-order chi connectivity index (χ1) is 7.69. The number of hydrogen-bond donors (Lipinski definition) is 0. The molecule has 0 aliphatic rings. The molecule has 0 aliphatic heterocycles. The molecule has 0 N–H and O–H groups in total. The van der Waals surface area contributed by atoms with Crippen LogP contribution in [0.25, 0.3) is 0 Å². The van der Waals surface area contributed by atoms with Crippen LogP contribution in [0, 0.1) is 18.2 Å². The van der Waals surface area contributed by atoms with Gasteiger partial charge in [-0.3, -0.25) is 0 Å². The van der Waals surface area contributed by atoms with Crippen molar-refractivity contribution in [3.05, 3.63) is 28.0 Å². The fourth-order valence-corrected chi connectivity index (χ4v) is 1.86. The SMILES string of the molecule is C#Cc1cc(F)c(OCCCCC)c(Br)c1. The Morgan fingerprint density at radius 2 is 2.19 bits per heavy atom. The number of rotatable bonds is 5. The number of terminal acetylenes is 1. The van der Waals surface area contributed by atoms with Crippen LogP contribution in [0.15, 0.2) is 16.6 Å². The highest BCUT2D eigenvalue weighted by atomic mass is 79.9. The molecular formula is C13H14BrFO. The molecule has 0 radical (unpaired) electrons. The van der Waals surface area contributed by atoms with E-state index < -0.39 is 5.82 Å². The van der Waals surface area contributed by atoms with Gasteiger partial charge in [-0.05, 0) is 34.5 Å². The summed E-state index contributed by atoms with van der Waals surface area (Å²) in [6, 6.07) is 2.98. The molecule has 1 rings (SSSR count). The molecule has 0 saturated heterocycles. The minimum atomic E-state index is -0.418. The van der Waals surface area contributed by atoms with Gasteiger partial charge in [-0.25, -0.2) is 4.39 Å². The molecule has 1 aromatic rings. The normalized spacial score (nSPS) is 9.88. The molecule has 0 heterocycles. The van der Waals surface area contributed by atoms with Gasteiger partial charge in [0.1, 0.15) is 0 Å². The monoisotopic (exact) mass is 284 g/mol. The van der Waals surface area contributed by atoms with Gasteiger partial charge in [0, 0.05) is 5.56 Å². The van der Waals surface area contributed by atoms with Crippen LogP contribution in [0.2, 0.25) is 0 Å². The molecule has 86 valence electrons. The second kappa shape index (κ2) is 6.55. The summed E-state index contributed by atoms with van der Waals surface area (Å²) in [4.78, 5) is 0. The lowest BCUT2D eigenvalue weighted by Crippen LogP contribution is -2.00. The van der Waals surface area contributed by atoms with Gasteiger partial charge in [-0.15, -0.1) is 6.42 Å². The summed E-state index contributed by atoms with van der Waals surface area (Å²) in [5, 5.41) is 0. The van der Waals surface area contributed by atoms with Gasteiger partial charge in [-0.1, -0.05) is 25.7 Å². The molecule has 1 nitrogen and oxygen atoms in total. The number of halogens is 2. The molecule has 0 bridgehead atoms. The Bertz CT molecular complexity index is 372. The summed E-state index contributed by atoms with van der Waals surface area (Å²) in [6.07, 6.45) is 8.33. The molecule has 0 atom stereocenters. The molecule has 0 amide bonds. The quantitative estimate of drug-likeness (QED) is 0.583. The van der Waals surface area contributed by atoms with E-state index in [1.54, 1.807) is 6.07 Å². The second-order valence-electron chi connectivity index (χ2n) is 3.47. The van der Waals surface area contributed by atoms with Crippen molar-refractivity contribution in [1.29, 1.82) is 0 Å².